The Bertz CT molecular complexity index is 759. The summed E-state index contributed by atoms with van der Waals surface area (Å²) >= 11 is 0. The van der Waals surface area contributed by atoms with E-state index in [1.807, 2.05) is 27.7 Å². The number of benzene rings is 1. The summed E-state index contributed by atoms with van der Waals surface area (Å²) < 4.78 is 25.7. The van der Waals surface area contributed by atoms with Gasteiger partial charge in [-0.1, -0.05) is 12.1 Å². The van der Waals surface area contributed by atoms with E-state index in [1.54, 1.807) is 6.08 Å². The molecule has 0 unspecified atom stereocenters. The van der Waals surface area contributed by atoms with Crippen LogP contribution in [-0.2, 0) is 25.3 Å². The van der Waals surface area contributed by atoms with Crippen LogP contribution in [0.25, 0.3) is 6.08 Å². The first-order chi connectivity index (χ1) is 12.4. The van der Waals surface area contributed by atoms with Crippen LogP contribution in [0.3, 0.4) is 0 Å². The van der Waals surface area contributed by atoms with Crippen LogP contribution in [0.15, 0.2) is 23.7 Å². The number of halogens is 1. The van der Waals surface area contributed by atoms with Gasteiger partial charge in [-0.25, -0.2) is 4.39 Å². The summed E-state index contributed by atoms with van der Waals surface area (Å²) in [6.07, 6.45) is 1.37. The molecule has 1 aliphatic rings. The van der Waals surface area contributed by atoms with Crippen molar-refractivity contribution in [3.05, 3.63) is 40.6 Å². The normalized spacial score (nSPS) is 18.4. The zero-order valence-electron chi connectivity index (χ0n) is 16.3. The van der Waals surface area contributed by atoms with E-state index in [0.717, 1.165) is 0 Å². The molecular formula is C19H25BFNO5. The Hall–Kier alpha value is -2.19. The molecule has 1 fully saturated rings. The van der Waals surface area contributed by atoms with Crippen molar-refractivity contribution in [3.8, 4) is 0 Å². The molecule has 0 radical (unpaired) electrons. The van der Waals surface area contributed by atoms with Crippen LogP contribution >= 0.6 is 0 Å². The van der Waals surface area contributed by atoms with Gasteiger partial charge in [-0.05, 0) is 56.4 Å². The average Bonchev–Trinajstić information content (AvgIpc) is 2.72. The zero-order valence-corrected chi connectivity index (χ0v) is 16.3. The molecule has 1 aliphatic heterocycles. The molecule has 1 amide bonds. The summed E-state index contributed by atoms with van der Waals surface area (Å²) in [6.45, 7) is 9.22. The number of hydrogen-bond acceptors (Lipinski definition) is 4. The number of carbonyl (C=O) groups excluding carboxylic acids is 1. The fraction of sp³-hybridized carbons (Fsp3) is 0.474. The highest BCUT2D eigenvalue weighted by Gasteiger charge is 2.52. The summed E-state index contributed by atoms with van der Waals surface area (Å²) in [5, 5.41) is 11.8. The van der Waals surface area contributed by atoms with Crippen molar-refractivity contribution in [2.45, 2.75) is 52.2 Å². The molecule has 0 bridgehead atoms. The molecule has 0 aliphatic carbocycles. The monoisotopic (exact) mass is 377 g/mol. The smallest absolute Gasteiger partial charge is 0.481 e. The van der Waals surface area contributed by atoms with Gasteiger partial charge in [-0.2, -0.15) is 0 Å². The van der Waals surface area contributed by atoms with Gasteiger partial charge in [0.2, 0.25) is 5.91 Å². The maximum absolute atomic E-state index is 13.6. The third kappa shape index (κ3) is 5.17. The van der Waals surface area contributed by atoms with Gasteiger partial charge in [0, 0.05) is 13.5 Å². The molecule has 0 atom stereocenters. The van der Waals surface area contributed by atoms with E-state index in [0.29, 0.717) is 16.6 Å². The minimum Gasteiger partial charge on any atom is -0.481 e. The second kappa shape index (κ2) is 7.82. The van der Waals surface area contributed by atoms with Crippen LogP contribution in [0.2, 0.25) is 0 Å². The number of rotatable bonds is 6. The van der Waals surface area contributed by atoms with Gasteiger partial charge in [0.05, 0.1) is 17.6 Å². The molecule has 2 N–H and O–H groups in total. The number of amides is 1. The molecule has 0 saturated carbocycles. The molecule has 2 rings (SSSR count). The van der Waals surface area contributed by atoms with Crippen LogP contribution in [0.5, 0.6) is 0 Å². The van der Waals surface area contributed by atoms with Gasteiger partial charge in [0.1, 0.15) is 5.82 Å². The second-order valence-corrected chi connectivity index (χ2v) is 7.63. The Kier molecular flexibility index (Phi) is 6.12. The van der Waals surface area contributed by atoms with Crippen molar-refractivity contribution in [2.24, 2.45) is 0 Å². The van der Waals surface area contributed by atoms with Crippen LogP contribution < -0.4 is 5.32 Å². The molecule has 6 nitrogen and oxygen atoms in total. The highest BCUT2D eigenvalue weighted by molar-refractivity contribution is 6.56. The fourth-order valence-electron chi connectivity index (χ4n) is 2.65. The van der Waals surface area contributed by atoms with E-state index >= 15 is 0 Å². The summed E-state index contributed by atoms with van der Waals surface area (Å²) in [7, 11) is -0.718. The molecule has 1 aromatic carbocycles. The van der Waals surface area contributed by atoms with E-state index in [4.69, 9.17) is 14.4 Å². The van der Waals surface area contributed by atoms with Crippen molar-refractivity contribution in [3.63, 3.8) is 0 Å². The van der Waals surface area contributed by atoms with Crippen molar-refractivity contribution >= 4 is 25.1 Å². The largest absolute Gasteiger partial charge is 0.492 e. The van der Waals surface area contributed by atoms with E-state index in [1.165, 1.54) is 25.1 Å². The van der Waals surface area contributed by atoms with Crippen molar-refractivity contribution in [1.29, 1.82) is 0 Å². The highest BCUT2D eigenvalue weighted by atomic mass is 19.1. The summed E-state index contributed by atoms with van der Waals surface area (Å²) in [5.74, 6) is -1.79. The second-order valence-electron chi connectivity index (χ2n) is 7.63. The maximum Gasteiger partial charge on any atom is 0.492 e. The molecular weight excluding hydrogens is 352 g/mol. The number of aliphatic carboxylic acids is 1. The quantitative estimate of drug-likeness (QED) is 0.745. The van der Waals surface area contributed by atoms with Crippen LogP contribution in [0.4, 0.5) is 4.39 Å². The van der Waals surface area contributed by atoms with E-state index in [9.17, 15) is 14.0 Å². The zero-order chi connectivity index (χ0) is 20.4. The summed E-state index contributed by atoms with van der Waals surface area (Å²) in [4.78, 5) is 22.5. The highest BCUT2D eigenvalue weighted by Crippen LogP contribution is 2.38. The molecule has 0 spiro atoms. The predicted molar refractivity (Wildman–Crippen MR) is 100 cm³/mol. The number of carboxylic acid groups (broad SMARTS) is 1. The molecule has 0 aromatic heterocycles. The van der Waals surface area contributed by atoms with Gasteiger partial charge in [-0.3, -0.25) is 9.59 Å². The fourth-order valence-corrected chi connectivity index (χ4v) is 2.65. The summed E-state index contributed by atoms with van der Waals surface area (Å²) in [5.41, 5.74) is 0.342. The number of nitrogens with one attached hydrogen (secondary N) is 1. The van der Waals surface area contributed by atoms with Gasteiger partial charge in [0.25, 0.3) is 0 Å². The number of hydrogen-bond donors (Lipinski definition) is 2. The Morgan fingerprint density at radius 1 is 1.22 bits per heavy atom. The third-order valence-corrected chi connectivity index (χ3v) is 4.89. The van der Waals surface area contributed by atoms with Gasteiger partial charge >= 0.3 is 13.1 Å². The lowest BCUT2D eigenvalue weighted by Crippen LogP contribution is -2.41. The van der Waals surface area contributed by atoms with Crippen molar-refractivity contribution in [2.75, 3.05) is 6.54 Å². The topological polar surface area (TPSA) is 84.9 Å². The summed E-state index contributed by atoms with van der Waals surface area (Å²) in [6, 6.07) is 3.96. The molecule has 1 heterocycles. The minimum atomic E-state index is -1.06. The van der Waals surface area contributed by atoms with Crippen molar-refractivity contribution < 1.29 is 28.4 Å². The Balaban J connectivity index is 2.43. The Morgan fingerprint density at radius 3 is 2.33 bits per heavy atom. The van der Waals surface area contributed by atoms with Gasteiger partial charge in [-0.15, -0.1) is 0 Å². The standard InChI is InChI=1S/C19H25BFNO5/c1-12(23)22-11-15(20-26-18(2,3)19(4,5)27-20)8-13-6-7-16(21)9-14(13)10-17(24)25/h6-9H,10-11H2,1-5H3,(H,22,23)(H,24,25). The lowest BCUT2D eigenvalue weighted by atomic mass is 9.76. The van der Waals surface area contributed by atoms with Crippen LogP contribution in [0, 0.1) is 5.82 Å². The first-order valence-electron chi connectivity index (χ1n) is 8.72. The van der Waals surface area contributed by atoms with Gasteiger partial charge in [0.15, 0.2) is 0 Å². The Morgan fingerprint density at radius 2 is 1.81 bits per heavy atom. The number of carboxylic acids is 1. The van der Waals surface area contributed by atoms with Gasteiger partial charge < -0.3 is 19.7 Å². The van der Waals surface area contributed by atoms with E-state index < -0.39 is 30.1 Å². The first kappa shape index (κ1) is 21.1. The molecule has 27 heavy (non-hydrogen) atoms. The van der Waals surface area contributed by atoms with Crippen LogP contribution in [0.1, 0.15) is 45.7 Å². The SMILES string of the molecule is CC(=O)NCC(=Cc1ccc(F)cc1CC(=O)O)B1OC(C)(C)C(C)(C)O1. The van der Waals surface area contributed by atoms with Crippen LogP contribution in [-0.4, -0.2) is 41.8 Å². The molecule has 1 aromatic rings. The van der Waals surface area contributed by atoms with Crippen molar-refractivity contribution in [1.82, 2.24) is 5.32 Å². The maximum atomic E-state index is 13.6. The predicted octanol–water partition coefficient (Wildman–Crippen LogP) is 2.60. The lowest BCUT2D eigenvalue weighted by Gasteiger charge is -2.32. The van der Waals surface area contributed by atoms with E-state index in [-0.39, 0.29) is 18.9 Å². The minimum absolute atomic E-state index is 0.163. The average molecular weight is 377 g/mol. The van der Waals surface area contributed by atoms with E-state index in [2.05, 4.69) is 5.32 Å². The number of carbonyl (C=O) groups is 2. The Labute approximate surface area is 158 Å². The molecule has 8 heteroatoms. The lowest BCUT2D eigenvalue weighted by molar-refractivity contribution is -0.136. The first-order valence-corrected chi connectivity index (χ1v) is 8.72. The molecule has 146 valence electrons. The molecule has 1 saturated heterocycles. The third-order valence-electron chi connectivity index (χ3n) is 4.89.